The molecule has 212 valence electrons. The van der Waals surface area contributed by atoms with Crippen LogP contribution in [0.1, 0.15) is 103 Å². The monoisotopic (exact) mass is 540 g/mol. The van der Waals surface area contributed by atoms with E-state index < -0.39 is 45.4 Å². The van der Waals surface area contributed by atoms with Crippen molar-refractivity contribution in [1.82, 2.24) is 0 Å². The van der Waals surface area contributed by atoms with Crippen molar-refractivity contribution in [3.05, 3.63) is 0 Å². The molecule has 0 N–H and O–H groups in total. The average Bonchev–Trinajstić information content (AvgIpc) is 2.77. The molecular weight excluding hydrogens is 500 g/mol. The van der Waals surface area contributed by atoms with Crippen LogP contribution in [0.3, 0.4) is 0 Å². The van der Waals surface area contributed by atoms with Crippen molar-refractivity contribution < 1.29 is 36.6 Å². The number of hydrogen-bond donors (Lipinski definition) is 0. The fourth-order valence-electron chi connectivity index (χ4n) is 11.1. The highest BCUT2D eigenvalue weighted by Crippen LogP contribution is 2.67. The van der Waals surface area contributed by atoms with E-state index in [0.29, 0.717) is 38.5 Å². The van der Waals surface area contributed by atoms with E-state index >= 15 is 17.6 Å². The molecule has 9 fully saturated rings. The van der Waals surface area contributed by atoms with E-state index in [9.17, 15) is 9.59 Å². The standard InChI is InChI=1S/C30H40F4O4/c31-27-7-21-5-25(13-27,14-28(32,8-21)17-27)23(35)37-11-19-1-2-20(4-3-19)12-38-24(36)26-6-22-9-29(33,15-26)18-30(34,10-22)16-26/h19-22H,1-18H2. The molecule has 9 aliphatic carbocycles. The largest absolute Gasteiger partial charge is 0.465 e. The second-order valence-electron chi connectivity index (χ2n) is 15.3. The summed E-state index contributed by atoms with van der Waals surface area (Å²) in [5.74, 6) is -0.631. The SMILES string of the molecule is O=C(OCC1CCC(COC(=O)C23CC4CC(F)(CC(F)(C4)C2)C3)CC1)C12CC3CC(F)(CC(F)(C3)C1)C2. The molecule has 9 rings (SSSR count). The fourth-order valence-corrected chi connectivity index (χ4v) is 11.1. The quantitative estimate of drug-likeness (QED) is 0.279. The van der Waals surface area contributed by atoms with Crippen LogP contribution in [0, 0.1) is 34.5 Å². The van der Waals surface area contributed by atoms with E-state index in [1.807, 2.05) is 0 Å². The zero-order chi connectivity index (χ0) is 26.6. The number of alkyl halides is 4. The molecule has 9 saturated carbocycles. The highest BCUT2D eigenvalue weighted by Gasteiger charge is 2.69. The molecule has 0 heterocycles. The van der Waals surface area contributed by atoms with E-state index in [2.05, 4.69) is 0 Å². The zero-order valence-electron chi connectivity index (χ0n) is 22.2. The number of esters is 2. The Kier molecular flexibility index (Phi) is 5.47. The molecule has 4 unspecified atom stereocenters. The maximum absolute atomic E-state index is 15.2. The summed E-state index contributed by atoms with van der Waals surface area (Å²) < 4.78 is 72.3. The van der Waals surface area contributed by atoms with Crippen molar-refractivity contribution in [3.8, 4) is 0 Å². The maximum Gasteiger partial charge on any atom is 0.312 e. The first kappa shape index (κ1) is 25.6. The summed E-state index contributed by atoms with van der Waals surface area (Å²) in [5.41, 5.74) is -8.32. The molecule has 0 saturated heterocycles. The highest BCUT2D eigenvalue weighted by atomic mass is 19.2. The van der Waals surface area contributed by atoms with Gasteiger partial charge in [0.25, 0.3) is 0 Å². The van der Waals surface area contributed by atoms with Gasteiger partial charge in [0.2, 0.25) is 0 Å². The summed E-state index contributed by atoms with van der Waals surface area (Å²) in [7, 11) is 0. The van der Waals surface area contributed by atoms with Crippen molar-refractivity contribution >= 4 is 11.9 Å². The van der Waals surface area contributed by atoms with Crippen LogP contribution < -0.4 is 0 Å². The van der Waals surface area contributed by atoms with Crippen LogP contribution in [-0.2, 0) is 19.1 Å². The van der Waals surface area contributed by atoms with Gasteiger partial charge in [-0.15, -0.1) is 0 Å². The molecule has 0 radical (unpaired) electrons. The number of hydrogen-bond acceptors (Lipinski definition) is 4. The summed E-state index contributed by atoms with van der Waals surface area (Å²) in [6.07, 6.45) is 6.04. The summed E-state index contributed by atoms with van der Waals surface area (Å²) in [4.78, 5) is 26.2. The first-order valence-corrected chi connectivity index (χ1v) is 14.9. The van der Waals surface area contributed by atoms with Crippen LogP contribution in [0.4, 0.5) is 17.6 Å². The van der Waals surface area contributed by atoms with Crippen LogP contribution in [0.25, 0.3) is 0 Å². The molecule has 8 bridgehead atoms. The molecule has 0 aromatic heterocycles. The summed E-state index contributed by atoms with van der Waals surface area (Å²) in [6, 6.07) is 0. The summed E-state index contributed by atoms with van der Waals surface area (Å²) in [5, 5.41) is 0. The van der Waals surface area contributed by atoms with Crippen LogP contribution in [0.2, 0.25) is 0 Å². The van der Waals surface area contributed by atoms with Crippen molar-refractivity contribution in [1.29, 1.82) is 0 Å². The lowest BCUT2D eigenvalue weighted by Gasteiger charge is -2.59. The van der Waals surface area contributed by atoms with E-state index in [4.69, 9.17) is 9.47 Å². The number of rotatable bonds is 6. The van der Waals surface area contributed by atoms with Gasteiger partial charge in [0.05, 0.1) is 24.0 Å². The maximum atomic E-state index is 15.2. The Morgan fingerprint density at radius 3 is 1.13 bits per heavy atom. The minimum atomic E-state index is -1.57. The lowest BCUT2D eigenvalue weighted by atomic mass is 9.47. The van der Waals surface area contributed by atoms with Gasteiger partial charge in [0.15, 0.2) is 0 Å². The predicted octanol–water partition coefficient (Wildman–Crippen LogP) is 6.68. The molecule has 0 amide bonds. The van der Waals surface area contributed by atoms with E-state index in [0.717, 1.165) is 25.7 Å². The summed E-state index contributed by atoms with van der Waals surface area (Å²) >= 11 is 0. The normalized spacial score (nSPS) is 54.2. The number of carbonyl (C=O) groups is 2. The van der Waals surface area contributed by atoms with Crippen LogP contribution in [0.15, 0.2) is 0 Å². The molecule has 4 nitrogen and oxygen atoms in total. The van der Waals surface area contributed by atoms with E-state index in [1.165, 1.54) is 0 Å². The lowest BCUT2D eigenvalue weighted by Crippen LogP contribution is -2.62. The first-order chi connectivity index (χ1) is 17.8. The number of carbonyl (C=O) groups excluding carboxylic acids is 2. The fraction of sp³-hybridized carbons (Fsp3) is 0.933. The third-order valence-electron chi connectivity index (χ3n) is 11.6. The van der Waals surface area contributed by atoms with Gasteiger partial charge in [0.1, 0.15) is 22.7 Å². The van der Waals surface area contributed by atoms with Gasteiger partial charge in [-0.3, -0.25) is 9.59 Å². The second-order valence-corrected chi connectivity index (χ2v) is 15.3. The Hall–Kier alpha value is -1.34. The van der Waals surface area contributed by atoms with Gasteiger partial charge in [0, 0.05) is 12.8 Å². The van der Waals surface area contributed by atoms with Crippen molar-refractivity contribution in [2.24, 2.45) is 34.5 Å². The van der Waals surface area contributed by atoms with Crippen molar-refractivity contribution in [3.63, 3.8) is 0 Å². The Labute approximate surface area is 221 Å². The summed E-state index contributed by atoms with van der Waals surface area (Å²) in [6.45, 7) is 0.524. The number of halogens is 4. The molecule has 9 aliphatic rings. The van der Waals surface area contributed by atoms with Gasteiger partial charge in [-0.05, 0) is 114 Å². The molecule has 4 atom stereocenters. The topological polar surface area (TPSA) is 52.6 Å². The van der Waals surface area contributed by atoms with Crippen LogP contribution in [-0.4, -0.2) is 47.8 Å². The van der Waals surface area contributed by atoms with Crippen molar-refractivity contribution in [2.45, 2.75) is 125 Å². The predicted molar refractivity (Wildman–Crippen MR) is 130 cm³/mol. The Morgan fingerprint density at radius 1 is 0.526 bits per heavy atom. The van der Waals surface area contributed by atoms with Gasteiger partial charge >= 0.3 is 11.9 Å². The zero-order valence-corrected chi connectivity index (χ0v) is 22.2. The first-order valence-electron chi connectivity index (χ1n) is 14.9. The molecule has 0 spiro atoms. The number of ether oxygens (including phenoxy) is 2. The molecular formula is C30H40F4O4. The van der Waals surface area contributed by atoms with Gasteiger partial charge in [-0.25, -0.2) is 17.6 Å². The molecule has 0 aromatic rings. The van der Waals surface area contributed by atoms with Crippen LogP contribution in [0.5, 0.6) is 0 Å². The molecule has 38 heavy (non-hydrogen) atoms. The average molecular weight is 541 g/mol. The van der Waals surface area contributed by atoms with Gasteiger partial charge in [-0.1, -0.05) is 0 Å². The molecule has 0 aliphatic heterocycles. The molecule has 8 heteroatoms. The van der Waals surface area contributed by atoms with Crippen molar-refractivity contribution in [2.75, 3.05) is 13.2 Å². The highest BCUT2D eigenvalue weighted by molar-refractivity contribution is 5.78. The lowest BCUT2D eigenvalue weighted by molar-refractivity contribution is -0.204. The Morgan fingerprint density at radius 2 is 0.842 bits per heavy atom. The Bertz CT molecular complexity index is 908. The van der Waals surface area contributed by atoms with E-state index in [-0.39, 0.29) is 75.4 Å². The second kappa shape index (κ2) is 8.11. The minimum absolute atomic E-state index is 0.0729. The third-order valence-corrected chi connectivity index (χ3v) is 11.6. The smallest absolute Gasteiger partial charge is 0.312 e. The minimum Gasteiger partial charge on any atom is -0.465 e. The Balaban J connectivity index is 0.885. The van der Waals surface area contributed by atoms with Crippen LogP contribution >= 0.6 is 0 Å². The van der Waals surface area contributed by atoms with Gasteiger partial charge < -0.3 is 9.47 Å². The van der Waals surface area contributed by atoms with E-state index in [1.54, 1.807) is 0 Å². The third kappa shape index (κ3) is 4.20. The van der Waals surface area contributed by atoms with Gasteiger partial charge in [-0.2, -0.15) is 0 Å². The molecule has 0 aromatic carbocycles.